The van der Waals surface area contributed by atoms with Crippen molar-refractivity contribution in [2.24, 2.45) is 5.73 Å². The van der Waals surface area contributed by atoms with Crippen molar-refractivity contribution in [2.45, 2.75) is 25.6 Å². The van der Waals surface area contributed by atoms with Crippen LogP contribution in [-0.2, 0) is 6.42 Å². The molecule has 3 N–H and O–H groups in total. The Balaban J connectivity index is 2.01. The van der Waals surface area contributed by atoms with Gasteiger partial charge in [-0.3, -0.25) is 9.78 Å². The number of nitrogens with zero attached hydrogens (tertiary/aromatic N) is 2. The first-order valence-corrected chi connectivity index (χ1v) is 7.90. The lowest BCUT2D eigenvalue weighted by Crippen LogP contribution is -2.28. The Morgan fingerprint density at radius 3 is 2.69 bits per heavy atom. The van der Waals surface area contributed by atoms with E-state index < -0.39 is 18.8 Å². The molecule has 0 saturated heterocycles. The van der Waals surface area contributed by atoms with E-state index in [-0.39, 0.29) is 11.8 Å². The van der Waals surface area contributed by atoms with E-state index in [0.29, 0.717) is 29.8 Å². The second kappa shape index (κ2) is 8.61. The Hall–Kier alpha value is -2.68. The van der Waals surface area contributed by atoms with Gasteiger partial charge < -0.3 is 15.8 Å². The Kier molecular flexibility index (Phi) is 6.51. The molecule has 26 heavy (non-hydrogen) atoms. The molecule has 2 aromatic heterocycles. The van der Waals surface area contributed by atoms with Gasteiger partial charge >= 0.3 is 6.18 Å². The number of amides is 1. The summed E-state index contributed by atoms with van der Waals surface area (Å²) in [4.78, 5) is 20.4. The Morgan fingerprint density at radius 1 is 1.31 bits per heavy atom. The molecule has 0 aliphatic carbocycles. The fraction of sp³-hybridized carbons (Fsp3) is 0.353. The number of nitrogens with one attached hydrogen (secondary N) is 1. The zero-order chi connectivity index (χ0) is 19.2. The summed E-state index contributed by atoms with van der Waals surface area (Å²) < 4.78 is 40.9. The molecule has 0 fully saturated rings. The van der Waals surface area contributed by atoms with Crippen molar-refractivity contribution in [3.8, 4) is 5.88 Å². The minimum atomic E-state index is -4.42. The third kappa shape index (κ3) is 5.69. The molecule has 2 aromatic rings. The van der Waals surface area contributed by atoms with Crippen LogP contribution < -0.4 is 15.8 Å². The molecule has 0 spiro atoms. The lowest BCUT2D eigenvalue weighted by Gasteiger charge is -2.16. The number of carbonyl (C=O) groups is 1. The summed E-state index contributed by atoms with van der Waals surface area (Å²) in [5.41, 5.74) is 7.19. The molecule has 1 unspecified atom stereocenters. The fourth-order valence-electron chi connectivity index (χ4n) is 2.23. The molecule has 6 nitrogen and oxygen atoms in total. The molecule has 1 atom stereocenters. The van der Waals surface area contributed by atoms with Gasteiger partial charge in [0.2, 0.25) is 5.88 Å². The molecule has 1 amide bonds. The predicted octanol–water partition coefficient (Wildman–Crippen LogP) is 2.41. The minimum Gasteiger partial charge on any atom is -0.468 e. The van der Waals surface area contributed by atoms with Gasteiger partial charge in [-0.05, 0) is 31.2 Å². The van der Waals surface area contributed by atoms with Gasteiger partial charge in [-0.2, -0.15) is 13.2 Å². The zero-order valence-electron chi connectivity index (χ0n) is 14.1. The molecule has 140 valence electrons. The molecule has 2 rings (SSSR count). The highest BCUT2D eigenvalue weighted by molar-refractivity contribution is 5.95. The molecule has 0 aliphatic heterocycles. The topological polar surface area (TPSA) is 90.1 Å². The number of hydrogen-bond acceptors (Lipinski definition) is 5. The van der Waals surface area contributed by atoms with Crippen LogP contribution >= 0.6 is 0 Å². The second-order valence-corrected chi connectivity index (χ2v) is 5.57. The highest BCUT2D eigenvalue weighted by Gasteiger charge is 2.28. The summed E-state index contributed by atoms with van der Waals surface area (Å²) in [6.45, 7) is 0.705. The summed E-state index contributed by atoms with van der Waals surface area (Å²) in [7, 11) is 0. The predicted molar refractivity (Wildman–Crippen MR) is 88.7 cm³/mol. The molecule has 9 heteroatoms. The van der Waals surface area contributed by atoms with E-state index in [0.717, 1.165) is 0 Å². The van der Waals surface area contributed by atoms with Crippen LogP contribution in [0.25, 0.3) is 0 Å². The van der Waals surface area contributed by atoms with E-state index in [9.17, 15) is 18.0 Å². The van der Waals surface area contributed by atoms with Gasteiger partial charge in [0.15, 0.2) is 6.61 Å². The van der Waals surface area contributed by atoms with Crippen LogP contribution in [0.15, 0.2) is 36.7 Å². The number of ether oxygens (including phenoxy) is 1. The van der Waals surface area contributed by atoms with Crippen molar-refractivity contribution < 1.29 is 22.7 Å². The second-order valence-electron chi connectivity index (χ2n) is 5.57. The summed E-state index contributed by atoms with van der Waals surface area (Å²) in [5, 5.41) is 2.81. The number of pyridine rings is 2. The van der Waals surface area contributed by atoms with Gasteiger partial charge in [-0.25, -0.2) is 4.98 Å². The van der Waals surface area contributed by atoms with Gasteiger partial charge in [0.05, 0.1) is 17.3 Å². The SMILES string of the molecule is CC(NC(=O)c1cccnc1CCN)c1ccc(OCC(F)(F)F)nc1. The van der Waals surface area contributed by atoms with Crippen LogP contribution in [0.5, 0.6) is 5.88 Å². The van der Waals surface area contributed by atoms with E-state index in [4.69, 9.17) is 5.73 Å². The van der Waals surface area contributed by atoms with Crippen LogP contribution in [0.4, 0.5) is 13.2 Å². The van der Waals surface area contributed by atoms with Gasteiger partial charge in [-0.1, -0.05) is 6.07 Å². The smallest absolute Gasteiger partial charge is 0.422 e. The number of halogens is 3. The average molecular weight is 368 g/mol. The van der Waals surface area contributed by atoms with Crippen LogP contribution in [0.2, 0.25) is 0 Å². The standard InChI is InChI=1S/C17H19F3N4O2/c1-11(12-4-5-15(23-9-12)26-10-17(18,19)20)24-16(25)13-3-2-8-22-14(13)6-7-21/h2-5,8-9,11H,6-7,10,21H2,1H3,(H,24,25). The first kappa shape index (κ1) is 19.6. The maximum atomic E-state index is 12.4. The Morgan fingerprint density at radius 2 is 2.08 bits per heavy atom. The van der Waals surface area contributed by atoms with Crippen LogP contribution in [-0.4, -0.2) is 35.2 Å². The average Bonchev–Trinajstić information content (AvgIpc) is 2.60. The van der Waals surface area contributed by atoms with Gasteiger partial charge in [0.25, 0.3) is 5.91 Å². The zero-order valence-corrected chi connectivity index (χ0v) is 14.1. The molecule has 0 radical (unpaired) electrons. The first-order chi connectivity index (χ1) is 12.3. The quantitative estimate of drug-likeness (QED) is 0.783. The molecule has 0 bridgehead atoms. The van der Waals surface area contributed by atoms with E-state index in [2.05, 4.69) is 20.0 Å². The lowest BCUT2D eigenvalue weighted by molar-refractivity contribution is -0.154. The van der Waals surface area contributed by atoms with E-state index >= 15 is 0 Å². The third-order valence-corrected chi connectivity index (χ3v) is 3.51. The molecular formula is C17H19F3N4O2. The van der Waals surface area contributed by atoms with Crippen molar-refractivity contribution in [1.29, 1.82) is 0 Å². The van der Waals surface area contributed by atoms with Crippen molar-refractivity contribution in [3.05, 3.63) is 53.5 Å². The summed E-state index contributed by atoms with van der Waals surface area (Å²) in [6, 6.07) is 5.79. The monoisotopic (exact) mass is 368 g/mol. The van der Waals surface area contributed by atoms with Gasteiger partial charge in [0.1, 0.15) is 0 Å². The lowest BCUT2D eigenvalue weighted by atomic mass is 10.1. The van der Waals surface area contributed by atoms with Crippen molar-refractivity contribution >= 4 is 5.91 Å². The fourth-order valence-corrected chi connectivity index (χ4v) is 2.23. The number of rotatable bonds is 7. The minimum absolute atomic E-state index is 0.137. The molecule has 0 aliphatic rings. The Bertz CT molecular complexity index is 736. The van der Waals surface area contributed by atoms with Crippen LogP contribution in [0.1, 0.15) is 34.6 Å². The first-order valence-electron chi connectivity index (χ1n) is 7.90. The normalized spacial score (nSPS) is 12.5. The number of hydrogen-bond donors (Lipinski definition) is 2. The van der Waals surface area contributed by atoms with Crippen molar-refractivity contribution in [3.63, 3.8) is 0 Å². The number of aromatic nitrogens is 2. The van der Waals surface area contributed by atoms with Crippen LogP contribution in [0.3, 0.4) is 0 Å². The Labute approximate surface area is 148 Å². The number of nitrogens with two attached hydrogens (primary N) is 1. The summed E-state index contributed by atoms with van der Waals surface area (Å²) in [6.07, 6.45) is -0.993. The van der Waals surface area contributed by atoms with Crippen molar-refractivity contribution in [1.82, 2.24) is 15.3 Å². The molecule has 2 heterocycles. The number of alkyl halides is 3. The maximum absolute atomic E-state index is 12.4. The van der Waals surface area contributed by atoms with Gasteiger partial charge in [-0.15, -0.1) is 0 Å². The third-order valence-electron chi connectivity index (χ3n) is 3.51. The van der Waals surface area contributed by atoms with E-state index in [1.54, 1.807) is 31.3 Å². The summed E-state index contributed by atoms with van der Waals surface area (Å²) >= 11 is 0. The van der Waals surface area contributed by atoms with E-state index in [1.165, 1.54) is 12.3 Å². The number of carbonyl (C=O) groups excluding carboxylic acids is 1. The molecular weight excluding hydrogens is 349 g/mol. The highest BCUT2D eigenvalue weighted by Crippen LogP contribution is 2.19. The van der Waals surface area contributed by atoms with Crippen molar-refractivity contribution in [2.75, 3.05) is 13.2 Å². The van der Waals surface area contributed by atoms with E-state index in [1.807, 2.05) is 0 Å². The van der Waals surface area contributed by atoms with Gasteiger partial charge in [0, 0.05) is 24.9 Å². The highest BCUT2D eigenvalue weighted by atomic mass is 19.4. The molecule has 0 aromatic carbocycles. The maximum Gasteiger partial charge on any atom is 0.422 e. The molecule has 0 saturated carbocycles. The van der Waals surface area contributed by atoms with Crippen LogP contribution in [0, 0.1) is 0 Å². The summed E-state index contributed by atoms with van der Waals surface area (Å²) in [5.74, 6) is -0.450. The largest absolute Gasteiger partial charge is 0.468 e.